The Labute approximate surface area is 156 Å². The average Bonchev–Trinajstić information content (AvgIpc) is 2.62. The molecule has 0 N–H and O–H groups in total. The van der Waals surface area contributed by atoms with E-state index in [1.165, 1.54) is 6.92 Å². The van der Waals surface area contributed by atoms with Gasteiger partial charge in [0.15, 0.2) is 0 Å². The van der Waals surface area contributed by atoms with Gasteiger partial charge in [-0.3, -0.25) is 4.52 Å². The van der Waals surface area contributed by atoms with Gasteiger partial charge in [-0.1, -0.05) is 54.6 Å². The molecule has 3 rings (SSSR count). The molecular formula is C20H18O2PRu+. The first kappa shape index (κ1) is 18.5. The Hall–Kier alpha value is -1.82. The van der Waals surface area contributed by atoms with Crippen LogP contribution in [0.2, 0.25) is 0 Å². The second kappa shape index (κ2) is 8.33. The maximum absolute atomic E-state index is 12.0. The average molecular weight is 422 g/mol. The molecule has 0 fully saturated rings. The molecule has 0 unspecified atom stereocenters. The smallest absolute Gasteiger partial charge is 0.297 e. The van der Waals surface area contributed by atoms with Crippen molar-refractivity contribution in [1.29, 1.82) is 0 Å². The summed E-state index contributed by atoms with van der Waals surface area (Å²) in [6.45, 7) is 1.48. The number of hydrogen-bond donors (Lipinski definition) is 0. The Kier molecular flexibility index (Phi) is 6.43. The molecule has 2 nitrogen and oxygen atoms in total. The Morgan fingerprint density at radius 3 is 1.21 bits per heavy atom. The van der Waals surface area contributed by atoms with Gasteiger partial charge in [0.25, 0.3) is 7.49 Å². The van der Waals surface area contributed by atoms with E-state index in [4.69, 9.17) is 4.52 Å². The second-order valence-corrected chi connectivity index (χ2v) is 8.15. The molecule has 24 heavy (non-hydrogen) atoms. The molecule has 0 radical (unpaired) electrons. The molecule has 0 amide bonds. The number of carbonyl (C=O) groups is 1. The van der Waals surface area contributed by atoms with Crippen LogP contribution in [-0.4, -0.2) is 5.97 Å². The van der Waals surface area contributed by atoms with Crippen molar-refractivity contribution in [3.63, 3.8) is 0 Å². The molecule has 122 valence electrons. The third kappa shape index (κ3) is 3.64. The van der Waals surface area contributed by atoms with Crippen molar-refractivity contribution in [2.75, 3.05) is 0 Å². The van der Waals surface area contributed by atoms with E-state index < -0.39 is 7.49 Å². The normalized spacial score (nSPS) is 10.5. The molecule has 0 aliphatic carbocycles. The van der Waals surface area contributed by atoms with Gasteiger partial charge in [-0.05, 0) is 36.4 Å². The third-order valence-electron chi connectivity index (χ3n) is 3.62. The van der Waals surface area contributed by atoms with Crippen LogP contribution in [0.4, 0.5) is 0 Å². The monoisotopic (exact) mass is 423 g/mol. The minimum atomic E-state index is -2.46. The summed E-state index contributed by atoms with van der Waals surface area (Å²) in [5.41, 5.74) is 0. The molecule has 0 aliphatic heterocycles. The summed E-state index contributed by atoms with van der Waals surface area (Å²) >= 11 is 0. The fourth-order valence-electron chi connectivity index (χ4n) is 2.71. The van der Waals surface area contributed by atoms with Gasteiger partial charge in [0.05, 0.1) is 0 Å². The fraction of sp³-hybridized carbons (Fsp3) is 0.0500. The molecule has 0 aromatic heterocycles. The van der Waals surface area contributed by atoms with Crippen LogP contribution >= 0.6 is 7.49 Å². The molecule has 0 heterocycles. The number of rotatable bonds is 4. The van der Waals surface area contributed by atoms with E-state index in [1.54, 1.807) is 0 Å². The topological polar surface area (TPSA) is 26.3 Å². The molecule has 0 atom stereocenters. The molecule has 0 bridgehead atoms. The van der Waals surface area contributed by atoms with Crippen LogP contribution in [-0.2, 0) is 28.8 Å². The van der Waals surface area contributed by atoms with Crippen molar-refractivity contribution in [3.8, 4) is 0 Å². The molecular weight excluding hydrogens is 404 g/mol. The molecule has 0 spiro atoms. The summed E-state index contributed by atoms with van der Waals surface area (Å²) in [5.74, 6) is -0.269. The zero-order valence-electron chi connectivity index (χ0n) is 13.3. The van der Waals surface area contributed by atoms with Gasteiger partial charge in [0, 0.05) is 26.4 Å². The van der Waals surface area contributed by atoms with Gasteiger partial charge in [-0.25, -0.2) is 4.79 Å². The van der Waals surface area contributed by atoms with Crippen LogP contribution in [0.25, 0.3) is 0 Å². The first-order valence-corrected chi connectivity index (χ1v) is 9.20. The summed E-state index contributed by atoms with van der Waals surface area (Å²) in [5, 5.41) is 3.10. The van der Waals surface area contributed by atoms with Crippen LogP contribution in [0.15, 0.2) is 91.0 Å². The van der Waals surface area contributed by atoms with Crippen LogP contribution < -0.4 is 15.9 Å². The molecule has 3 aromatic rings. The first-order valence-electron chi connectivity index (χ1n) is 7.49. The van der Waals surface area contributed by atoms with E-state index in [0.29, 0.717) is 0 Å². The zero-order valence-corrected chi connectivity index (χ0v) is 15.9. The number of carbonyl (C=O) groups excluding carboxylic acids is 1. The predicted molar refractivity (Wildman–Crippen MR) is 96.9 cm³/mol. The Morgan fingerprint density at radius 1 is 0.667 bits per heavy atom. The summed E-state index contributed by atoms with van der Waals surface area (Å²) in [6, 6.07) is 30.1. The number of benzene rings is 3. The summed E-state index contributed by atoms with van der Waals surface area (Å²) in [7, 11) is -2.46. The molecule has 0 saturated carbocycles. The zero-order chi connectivity index (χ0) is 16.1. The van der Waals surface area contributed by atoms with Gasteiger partial charge >= 0.3 is 5.97 Å². The minimum Gasteiger partial charge on any atom is -0.297 e. The van der Waals surface area contributed by atoms with E-state index in [-0.39, 0.29) is 25.4 Å². The summed E-state index contributed by atoms with van der Waals surface area (Å²) < 4.78 is 6.07. The Morgan fingerprint density at radius 2 is 0.958 bits per heavy atom. The maximum atomic E-state index is 12.0. The largest absolute Gasteiger partial charge is 0.348 e. The van der Waals surface area contributed by atoms with E-state index in [1.807, 2.05) is 91.0 Å². The van der Waals surface area contributed by atoms with Crippen molar-refractivity contribution >= 4 is 29.4 Å². The standard InChI is InChI=1S/C20H18O2P.Ru/c1-17(21)22-23(18-11-5-2-6-12-18,19-13-7-3-8-14-19)20-15-9-4-10-16-20;/h2-16H,1H3;/q+1;. The molecule has 4 heteroatoms. The van der Waals surface area contributed by atoms with Crippen LogP contribution in [0.1, 0.15) is 6.92 Å². The van der Waals surface area contributed by atoms with Gasteiger partial charge in [0.2, 0.25) is 0 Å². The molecule has 0 aliphatic rings. The van der Waals surface area contributed by atoms with E-state index >= 15 is 0 Å². The van der Waals surface area contributed by atoms with E-state index in [0.717, 1.165) is 15.9 Å². The fourth-order valence-corrected chi connectivity index (χ4v) is 6.08. The minimum absolute atomic E-state index is 0. The van der Waals surface area contributed by atoms with Gasteiger partial charge in [-0.15, -0.1) is 0 Å². The number of hydrogen-bond acceptors (Lipinski definition) is 2. The first-order chi connectivity index (χ1) is 11.2. The third-order valence-corrected chi connectivity index (χ3v) is 7.23. The predicted octanol–water partition coefficient (Wildman–Crippen LogP) is 3.46. The van der Waals surface area contributed by atoms with Gasteiger partial charge < -0.3 is 0 Å². The Bertz CT molecular complexity index is 680. The molecule has 0 saturated heterocycles. The van der Waals surface area contributed by atoms with E-state index in [2.05, 4.69) is 0 Å². The SMILES string of the molecule is CC(=O)O[P+](c1ccccc1)(c1ccccc1)c1ccccc1.[Ru]. The van der Waals surface area contributed by atoms with Crippen molar-refractivity contribution in [2.45, 2.75) is 6.92 Å². The summed E-state index contributed by atoms with van der Waals surface area (Å²) in [4.78, 5) is 12.0. The maximum Gasteiger partial charge on any atom is 0.348 e. The van der Waals surface area contributed by atoms with Crippen LogP contribution in [0.3, 0.4) is 0 Å². The molecule has 3 aromatic carbocycles. The Balaban J connectivity index is 0.00000208. The van der Waals surface area contributed by atoms with Gasteiger partial charge in [-0.2, -0.15) is 0 Å². The van der Waals surface area contributed by atoms with Crippen molar-refractivity contribution in [1.82, 2.24) is 0 Å². The van der Waals surface area contributed by atoms with Crippen molar-refractivity contribution in [2.24, 2.45) is 0 Å². The van der Waals surface area contributed by atoms with Crippen molar-refractivity contribution < 1.29 is 28.8 Å². The van der Waals surface area contributed by atoms with Crippen LogP contribution in [0, 0.1) is 0 Å². The van der Waals surface area contributed by atoms with Crippen molar-refractivity contribution in [3.05, 3.63) is 91.0 Å². The quantitative estimate of drug-likeness (QED) is 0.476. The summed E-state index contributed by atoms with van der Waals surface area (Å²) in [6.07, 6.45) is 0. The van der Waals surface area contributed by atoms with E-state index in [9.17, 15) is 4.79 Å². The van der Waals surface area contributed by atoms with Crippen LogP contribution in [0.5, 0.6) is 0 Å². The van der Waals surface area contributed by atoms with Gasteiger partial charge in [0.1, 0.15) is 15.9 Å². The second-order valence-electron chi connectivity index (χ2n) is 5.20.